The van der Waals surface area contributed by atoms with Crippen molar-refractivity contribution in [2.75, 3.05) is 0 Å². The highest BCUT2D eigenvalue weighted by Crippen LogP contribution is 2.19. The highest BCUT2D eigenvalue weighted by atomic mass is 32.1. The molecule has 3 aromatic heterocycles. The van der Waals surface area contributed by atoms with E-state index in [1.165, 1.54) is 20.7 Å². The van der Waals surface area contributed by atoms with E-state index >= 15 is 0 Å². The second-order valence-electron chi connectivity index (χ2n) is 5.11. The SMILES string of the molecule is Cc1ccccc1-c1noc(Cn2nnn(-c3cccs3)c2=O)n1. The van der Waals surface area contributed by atoms with Gasteiger partial charge in [-0.2, -0.15) is 14.3 Å². The Bertz CT molecular complexity index is 1030. The zero-order chi connectivity index (χ0) is 16.5. The monoisotopic (exact) mass is 340 g/mol. The summed E-state index contributed by atoms with van der Waals surface area (Å²) in [5.41, 5.74) is 1.58. The zero-order valence-corrected chi connectivity index (χ0v) is 13.5. The highest BCUT2D eigenvalue weighted by molar-refractivity contribution is 7.12. The summed E-state index contributed by atoms with van der Waals surface area (Å²) < 4.78 is 7.67. The van der Waals surface area contributed by atoms with Crippen molar-refractivity contribution in [3.63, 3.8) is 0 Å². The average Bonchev–Trinajstić information content (AvgIpc) is 3.31. The van der Waals surface area contributed by atoms with Crippen molar-refractivity contribution in [2.45, 2.75) is 13.5 Å². The van der Waals surface area contributed by atoms with Crippen molar-refractivity contribution in [3.8, 4) is 16.4 Å². The summed E-state index contributed by atoms with van der Waals surface area (Å²) in [6.07, 6.45) is 0. The number of hydrogen-bond donors (Lipinski definition) is 0. The topological polar surface area (TPSA) is 91.6 Å². The minimum atomic E-state index is -0.354. The molecule has 4 aromatic rings. The molecule has 1 aromatic carbocycles. The van der Waals surface area contributed by atoms with Gasteiger partial charge in [-0.3, -0.25) is 0 Å². The Morgan fingerprint density at radius 2 is 2.04 bits per heavy atom. The van der Waals surface area contributed by atoms with Gasteiger partial charge in [0.2, 0.25) is 11.7 Å². The van der Waals surface area contributed by atoms with Crippen molar-refractivity contribution < 1.29 is 4.52 Å². The lowest BCUT2D eigenvalue weighted by Crippen LogP contribution is -2.24. The van der Waals surface area contributed by atoms with Gasteiger partial charge in [0.1, 0.15) is 11.5 Å². The maximum absolute atomic E-state index is 12.3. The van der Waals surface area contributed by atoms with Crippen molar-refractivity contribution in [1.29, 1.82) is 0 Å². The van der Waals surface area contributed by atoms with E-state index < -0.39 is 0 Å². The van der Waals surface area contributed by atoms with Crippen LogP contribution in [-0.2, 0) is 6.54 Å². The van der Waals surface area contributed by atoms with Crippen LogP contribution in [0.25, 0.3) is 16.4 Å². The van der Waals surface area contributed by atoms with E-state index in [4.69, 9.17) is 4.52 Å². The molecule has 9 heteroatoms. The predicted octanol–water partition coefficient (Wildman–Crippen LogP) is 1.90. The summed E-state index contributed by atoms with van der Waals surface area (Å²) in [5.74, 6) is 0.787. The van der Waals surface area contributed by atoms with Crippen LogP contribution in [0.2, 0.25) is 0 Å². The molecule has 0 saturated heterocycles. The van der Waals surface area contributed by atoms with Gasteiger partial charge in [0.05, 0.1) is 0 Å². The second-order valence-corrected chi connectivity index (χ2v) is 6.03. The van der Waals surface area contributed by atoms with E-state index in [0.29, 0.717) is 16.7 Å². The fourth-order valence-electron chi connectivity index (χ4n) is 2.28. The van der Waals surface area contributed by atoms with Gasteiger partial charge >= 0.3 is 5.69 Å². The molecule has 8 nitrogen and oxygen atoms in total. The van der Waals surface area contributed by atoms with Crippen LogP contribution in [0.5, 0.6) is 0 Å². The van der Waals surface area contributed by atoms with Crippen LogP contribution in [-0.4, -0.2) is 29.9 Å². The first-order valence-corrected chi connectivity index (χ1v) is 8.05. The Morgan fingerprint density at radius 1 is 1.17 bits per heavy atom. The number of aromatic nitrogens is 6. The van der Waals surface area contributed by atoms with Gasteiger partial charge in [-0.05, 0) is 40.4 Å². The fourth-order valence-corrected chi connectivity index (χ4v) is 2.95. The molecule has 0 spiro atoms. The maximum atomic E-state index is 12.3. The molecule has 0 aliphatic carbocycles. The smallest absolute Gasteiger partial charge is 0.337 e. The molecule has 0 amide bonds. The lowest BCUT2D eigenvalue weighted by Gasteiger charge is -1.97. The van der Waals surface area contributed by atoms with Gasteiger partial charge in [0, 0.05) is 5.56 Å². The Kier molecular flexibility index (Phi) is 3.54. The third-order valence-corrected chi connectivity index (χ3v) is 4.34. The summed E-state index contributed by atoms with van der Waals surface area (Å²) >= 11 is 1.41. The van der Waals surface area contributed by atoms with Gasteiger partial charge in [-0.15, -0.1) is 11.3 Å². The number of hydrogen-bond acceptors (Lipinski definition) is 7. The maximum Gasteiger partial charge on any atom is 0.369 e. The lowest BCUT2D eigenvalue weighted by atomic mass is 10.1. The first-order chi connectivity index (χ1) is 11.7. The molecule has 0 fully saturated rings. The van der Waals surface area contributed by atoms with Gasteiger partial charge in [0.15, 0.2) is 0 Å². The molecule has 0 unspecified atom stereocenters. The van der Waals surface area contributed by atoms with Gasteiger partial charge in [-0.25, -0.2) is 4.79 Å². The Hall–Kier alpha value is -3.07. The molecule has 4 rings (SSSR count). The molecule has 0 atom stereocenters. The normalized spacial score (nSPS) is 11.0. The zero-order valence-electron chi connectivity index (χ0n) is 12.7. The molecule has 120 valence electrons. The standard InChI is InChI=1S/C15H12N6O2S/c1-10-5-2-3-6-11(10)14-16-12(23-17-14)9-20-15(22)21(19-18-20)13-7-4-8-24-13/h2-8H,9H2,1H3. The molecule has 0 aliphatic rings. The van der Waals surface area contributed by atoms with E-state index in [1.54, 1.807) is 6.07 Å². The van der Waals surface area contributed by atoms with Crippen LogP contribution in [0.3, 0.4) is 0 Å². The number of thiophene rings is 1. The fraction of sp³-hybridized carbons (Fsp3) is 0.133. The van der Waals surface area contributed by atoms with E-state index in [9.17, 15) is 4.79 Å². The first kappa shape index (κ1) is 14.5. The molecule has 0 radical (unpaired) electrons. The number of tetrazole rings is 1. The summed E-state index contributed by atoms with van der Waals surface area (Å²) in [7, 11) is 0. The number of nitrogens with zero attached hydrogens (tertiary/aromatic N) is 6. The van der Waals surface area contributed by atoms with E-state index in [1.807, 2.05) is 42.6 Å². The van der Waals surface area contributed by atoms with Crippen molar-refractivity contribution in [1.82, 2.24) is 29.9 Å². The Morgan fingerprint density at radius 3 is 2.83 bits per heavy atom. The van der Waals surface area contributed by atoms with Crippen LogP contribution in [0, 0.1) is 6.92 Å². The molecule has 3 heterocycles. The molecule has 0 saturated carbocycles. The van der Waals surface area contributed by atoms with Gasteiger partial charge in [0.25, 0.3) is 0 Å². The van der Waals surface area contributed by atoms with E-state index in [2.05, 4.69) is 20.6 Å². The van der Waals surface area contributed by atoms with Crippen LogP contribution in [0.15, 0.2) is 51.1 Å². The third-order valence-electron chi connectivity index (χ3n) is 3.49. The molecule has 24 heavy (non-hydrogen) atoms. The molecular formula is C15H12N6O2S. The summed E-state index contributed by atoms with van der Waals surface area (Å²) in [5, 5.41) is 14.3. The third kappa shape index (κ3) is 2.54. The van der Waals surface area contributed by atoms with Gasteiger partial charge < -0.3 is 4.52 Å². The summed E-state index contributed by atoms with van der Waals surface area (Å²) in [6, 6.07) is 11.4. The molecule has 0 bridgehead atoms. The van der Waals surface area contributed by atoms with Crippen LogP contribution in [0.4, 0.5) is 0 Å². The quantitative estimate of drug-likeness (QED) is 0.563. The number of aryl methyl sites for hydroxylation is 1. The van der Waals surface area contributed by atoms with E-state index in [0.717, 1.165) is 11.1 Å². The first-order valence-electron chi connectivity index (χ1n) is 7.17. The molecular weight excluding hydrogens is 328 g/mol. The van der Waals surface area contributed by atoms with Crippen molar-refractivity contribution in [3.05, 3.63) is 63.7 Å². The minimum Gasteiger partial charge on any atom is -0.337 e. The van der Waals surface area contributed by atoms with E-state index in [-0.39, 0.29) is 12.2 Å². The number of benzene rings is 1. The minimum absolute atomic E-state index is 0.0725. The number of rotatable bonds is 4. The van der Waals surface area contributed by atoms with Gasteiger partial charge in [-0.1, -0.05) is 29.4 Å². The second kappa shape index (κ2) is 5.85. The van der Waals surface area contributed by atoms with Crippen LogP contribution in [0.1, 0.15) is 11.5 Å². The van der Waals surface area contributed by atoms with Crippen LogP contribution < -0.4 is 5.69 Å². The average molecular weight is 340 g/mol. The molecule has 0 aliphatic heterocycles. The van der Waals surface area contributed by atoms with Crippen LogP contribution >= 0.6 is 11.3 Å². The lowest BCUT2D eigenvalue weighted by molar-refractivity contribution is 0.363. The Labute approximate surface area is 140 Å². The summed E-state index contributed by atoms with van der Waals surface area (Å²) in [6.45, 7) is 2.05. The Balaban J connectivity index is 1.61. The largest absolute Gasteiger partial charge is 0.369 e. The predicted molar refractivity (Wildman–Crippen MR) is 87.1 cm³/mol. The molecule has 0 N–H and O–H groups in total. The highest BCUT2D eigenvalue weighted by Gasteiger charge is 2.15. The summed E-state index contributed by atoms with van der Waals surface area (Å²) in [4.78, 5) is 16.7. The van der Waals surface area contributed by atoms with Crippen molar-refractivity contribution in [2.24, 2.45) is 0 Å². The van der Waals surface area contributed by atoms with Crippen molar-refractivity contribution >= 4 is 11.3 Å².